The van der Waals surface area contributed by atoms with Gasteiger partial charge in [0.25, 0.3) is 0 Å². The van der Waals surface area contributed by atoms with Crippen LogP contribution in [0.2, 0.25) is 0 Å². The number of ether oxygens (including phenoxy) is 1. The van der Waals surface area contributed by atoms with E-state index in [0.29, 0.717) is 26.0 Å². The summed E-state index contributed by atoms with van der Waals surface area (Å²) in [4.78, 5) is 12.0. The fourth-order valence-corrected chi connectivity index (χ4v) is 2.41. The van der Waals surface area contributed by atoms with Gasteiger partial charge in [-0.1, -0.05) is 29.4 Å². The molecule has 2 rings (SSSR count). The van der Waals surface area contributed by atoms with Crippen molar-refractivity contribution < 1.29 is 14.1 Å². The second-order valence-electron chi connectivity index (χ2n) is 5.28. The average Bonchev–Trinajstić information content (AvgIpc) is 2.83. The number of aromatic nitrogens is 1. The van der Waals surface area contributed by atoms with E-state index in [1.807, 2.05) is 38.1 Å². The summed E-state index contributed by atoms with van der Waals surface area (Å²) < 4.78 is 10.3. The van der Waals surface area contributed by atoms with E-state index in [0.717, 1.165) is 28.1 Å². The zero-order chi connectivity index (χ0) is 15.9. The third-order valence-corrected chi connectivity index (χ3v) is 3.68. The van der Waals surface area contributed by atoms with E-state index >= 15 is 0 Å². The first-order chi connectivity index (χ1) is 10.6. The largest absolute Gasteiger partial charge is 0.380 e. The van der Waals surface area contributed by atoms with Gasteiger partial charge in [0.15, 0.2) is 0 Å². The van der Waals surface area contributed by atoms with Crippen molar-refractivity contribution in [3.05, 3.63) is 52.4 Å². The zero-order valence-electron chi connectivity index (χ0n) is 13.3. The molecule has 118 valence electrons. The number of aryl methyl sites for hydroxylation is 2. The maximum Gasteiger partial charge on any atom is 0.220 e. The SMILES string of the molecule is COCc1ccccc1CNC(=O)CCc1c(C)noc1C. The molecule has 22 heavy (non-hydrogen) atoms. The lowest BCUT2D eigenvalue weighted by molar-refractivity contribution is -0.121. The lowest BCUT2D eigenvalue weighted by Crippen LogP contribution is -2.23. The van der Waals surface area contributed by atoms with Crippen LogP contribution in [0.4, 0.5) is 0 Å². The fourth-order valence-electron chi connectivity index (χ4n) is 2.41. The number of carbonyl (C=O) groups excluding carboxylic acids is 1. The lowest BCUT2D eigenvalue weighted by atomic mass is 10.1. The van der Waals surface area contributed by atoms with E-state index in [1.165, 1.54) is 0 Å². The second kappa shape index (κ2) is 7.75. The Balaban J connectivity index is 1.86. The highest BCUT2D eigenvalue weighted by Gasteiger charge is 2.11. The zero-order valence-corrected chi connectivity index (χ0v) is 13.3. The Kier molecular flexibility index (Phi) is 5.72. The van der Waals surface area contributed by atoms with Gasteiger partial charge in [-0.3, -0.25) is 4.79 Å². The van der Waals surface area contributed by atoms with Crippen LogP contribution < -0.4 is 5.32 Å². The van der Waals surface area contributed by atoms with Gasteiger partial charge in [-0.2, -0.15) is 0 Å². The Hall–Kier alpha value is -2.14. The lowest BCUT2D eigenvalue weighted by Gasteiger charge is -2.10. The van der Waals surface area contributed by atoms with Gasteiger partial charge in [-0.25, -0.2) is 0 Å². The molecule has 0 spiro atoms. The molecule has 0 radical (unpaired) electrons. The van der Waals surface area contributed by atoms with Crippen LogP contribution in [0.15, 0.2) is 28.8 Å². The molecular formula is C17H22N2O3. The number of hydrogen-bond donors (Lipinski definition) is 1. The molecule has 0 saturated heterocycles. The van der Waals surface area contributed by atoms with Crippen molar-refractivity contribution in [2.45, 2.75) is 39.8 Å². The first kappa shape index (κ1) is 16.2. The predicted molar refractivity (Wildman–Crippen MR) is 83.3 cm³/mol. The number of carbonyl (C=O) groups is 1. The molecule has 1 aromatic heterocycles. The molecular weight excluding hydrogens is 280 g/mol. The van der Waals surface area contributed by atoms with Crippen LogP contribution >= 0.6 is 0 Å². The summed E-state index contributed by atoms with van der Waals surface area (Å²) in [5.74, 6) is 0.808. The van der Waals surface area contributed by atoms with Crippen molar-refractivity contribution in [2.75, 3.05) is 7.11 Å². The molecule has 0 bridgehead atoms. The Morgan fingerprint density at radius 3 is 2.64 bits per heavy atom. The van der Waals surface area contributed by atoms with Crippen LogP contribution in [0.25, 0.3) is 0 Å². The Morgan fingerprint density at radius 1 is 1.27 bits per heavy atom. The van der Waals surface area contributed by atoms with Gasteiger partial charge >= 0.3 is 0 Å². The van der Waals surface area contributed by atoms with Gasteiger partial charge < -0.3 is 14.6 Å². The van der Waals surface area contributed by atoms with Gasteiger partial charge in [-0.15, -0.1) is 0 Å². The summed E-state index contributed by atoms with van der Waals surface area (Å²) in [6, 6.07) is 7.94. The smallest absolute Gasteiger partial charge is 0.220 e. The highest BCUT2D eigenvalue weighted by atomic mass is 16.5. The molecule has 0 saturated carbocycles. The maximum atomic E-state index is 12.0. The Morgan fingerprint density at radius 2 is 2.00 bits per heavy atom. The number of hydrogen-bond acceptors (Lipinski definition) is 4. The summed E-state index contributed by atoms with van der Waals surface area (Å²) >= 11 is 0. The Bertz CT molecular complexity index is 615. The van der Waals surface area contributed by atoms with E-state index in [9.17, 15) is 4.79 Å². The summed E-state index contributed by atoms with van der Waals surface area (Å²) in [6.07, 6.45) is 1.07. The van der Waals surface area contributed by atoms with Crippen LogP contribution in [-0.4, -0.2) is 18.2 Å². The number of rotatable bonds is 7. The molecule has 0 aliphatic carbocycles. The topological polar surface area (TPSA) is 64.4 Å². The van der Waals surface area contributed by atoms with Crippen molar-refractivity contribution in [3.63, 3.8) is 0 Å². The molecule has 1 heterocycles. The van der Waals surface area contributed by atoms with E-state index in [1.54, 1.807) is 7.11 Å². The van der Waals surface area contributed by atoms with E-state index in [-0.39, 0.29) is 5.91 Å². The average molecular weight is 302 g/mol. The molecule has 0 unspecified atom stereocenters. The first-order valence-corrected chi connectivity index (χ1v) is 7.36. The number of nitrogens with zero attached hydrogens (tertiary/aromatic N) is 1. The van der Waals surface area contributed by atoms with Gasteiger partial charge in [0.05, 0.1) is 12.3 Å². The van der Waals surface area contributed by atoms with Gasteiger partial charge in [0.1, 0.15) is 5.76 Å². The van der Waals surface area contributed by atoms with Crippen molar-refractivity contribution in [3.8, 4) is 0 Å². The van der Waals surface area contributed by atoms with Crippen LogP contribution in [0.1, 0.15) is 34.6 Å². The predicted octanol–water partition coefficient (Wildman–Crippen LogP) is 2.69. The highest BCUT2D eigenvalue weighted by Crippen LogP contribution is 2.14. The first-order valence-electron chi connectivity index (χ1n) is 7.36. The van der Waals surface area contributed by atoms with Crippen molar-refractivity contribution in [1.29, 1.82) is 0 Å². The summed E-state index contributed by atoms with van der Waals surface area (Å²) in [5, 5.41) is 6.85. The quantitative estimate of drug-likeness (QED) is 0.854. The number of benzene rings is 1. The molecule has 5 nitrogen and oxygen atoms in total. The van der Waals surface area contributed by atoms with Crippen LogP contribution in [0.3, 0.4) is 0 Å². The minimum absolute atomic E-state index is 0.0206. The van der Waals surface area contributed by atoms with Crippen LogP contribution in [-0.2, 0) is 29.1 Å². The number of methoxy groups -OCH3 is 1. The number of amides is 1. The molecule has 0 aliphatic heterocycles. The van der Waals surface area contributed by atoms with Crippen LogP contribution in [0, 0.1) is 13.8 Å². The molecule has 1 N–H and O–H groups in total. The molecule has 5 heteroatoms. The highest BCUT2D eigenvalue weighted by molar-refractivity contribution is 5.76. The number of nitrogens with one attached hydrogen (secondary N) is 1. The third kappa shape index (κ3) is 4.18. The van der Waals surface area contributed by atoms with E-state index < -0.39 is 0 Å². The molecule has 0 atom stereocenters. The summed E-state index contributed by atoms with van der Waals surface area (Å²) in [7, 11) is 1.67. The summed E-state index contributed by atoms with van der Waals surface area (Å²) in [6.45, 7) is 4.82. The third-order valence-electron chi connectivity index (χ3n) is 3.68. The van der Waals surface area contributed by atoms with Gasteiger partial charge in [0.2, 0.25) is 5.91 Å². The summed E-state index contributed by atoms with van der Waals surface area (Å²) in [5.41, 5.74) is 4.05. The molecule has 0 aliphatic rings. The fraction of sp³-hybridized carbons (Fsp3) is 0.412. The van der Waals surface area contributed by atoms with E-state index in [4.69, 9.17) is 9.26 Å². The molecule has 2 aromatic rings. The van der Waals surface area contributed by atoms with Gasteiger partial charge in [0, 0.05) is 25.6 Å². The van der Waals surface area contributed by atoms with Crippen LogP contribution in [0.5, 0.6) is 0 Å². The van der Waals surface area contributed by atoms with E-state index in [2.05, 4.69) is 10.5 Å². The van der Waals surface area contributed by atoms with Gasteiger partial charge in [-0.05, 0) is 31.4 Å². The van der Waals surface area contributed by atoms with Crippen molar-refractivity contribution >= 4 is 5.91 Å². The molecule has 0 fully saturated rings. The van der Waals surface area contributed by atoms with Crippen molar-refractivity contribution in [1.82, 2.24) is 10.5 Å². The minimum atomic E-state index is 0.0206. The normalized spacial score (nSPS) is 10.7. The molecule has 1 aromatic carbocycles. The monoisotopic (exact) mass is 302 g/mol. The molecule has 1 amide bonds. The standard InChI is InChI=1S/C17H22N2O3/c1-12-16(13(2)22-19-12)8-9-17(20)18-10-14-6-4-5-7-15(14)11-21-3/h4-7H,8-11H2,1-3H3,(H,18,20). The second-order valence-corrected chi connectivity index (χ2v) is 5.28. The Labute approximate surface area is 130 Å². The maximum absolute atomic E-state index is 12.0. The van der Waals surface area contributed by atoms with Crippen molar-refractivity contribution in [2.24, 2.45) is 0 Å². The minimum Gasteiger partial charge on any atom is -0.380 e.